The van der Waals surface area contributed by atoms with E-state index in [-0.39, 0.29) is 10.7 Å². The molecule has 0 spiro atoms. The molecule has 0 aromatic heterocycles. The molecule has 0 fully saturated rings. The van der Waals surface area contributed by atoms with Crippen LogP contribution < -0.4 is 4.74 Å². The first-order valence-corrected chi connectivity index (χ1v) is 8.72. The van der Waals surface area contributed by atoms with Crippen molar-refractivity contribution in [1.29, 1.82) is 5.26 Å². The van der Waals surface area contributed by atoms with Gasteiger partial charge in [0.2, 0.25) is 0 Å². The Labute approximate surface area is 141 Å². The van der Waals surface area contributed by atoms with Crippen molar-refractivity contribution in [1.82, 2.24) is 0 Å². The van der Waals surface area contributed by atoms with E-state index in [1.807, 2.05) is 19.9 Å². The number of para-hydroxylation sites is 1. The Balaban J connectivity index is 2.42. The topological polar surface area (TPSA) is 76.4 Å². The highest BCUT2D eigenvalue weighted by Crippen LogP contribution is 2.29. The Kier molecular flexibility index (Phi) is 5.61. The van der Waals surface area contributed by atoms with Gasteiger partial charge in [0.25, 0.3) is 0 Å². The highest BCUT2D eigenvalue weighted by molar-refractivity contribution is 7.87. The predicted octanol–water partition coefficient (Wildman–Crippen LogP) is 3.66. The van der Waals surface area contributed by atoms with E-state index in [9.17, 15) is 8.42 Å². The fraction of sp³-hybridized carbons (Fsp3) is 0.167. The molecule has 0 radical (unpaired) electrons. The molecule has 0 saturated carbocycles. The van der Waals surface area contributed by atoms with Gasteiger partial charge in [-0.15, -0.1) is 0 Å². The maximum atomic E-state index is 12.5. The van der Waals surface area contributed by atoms with Crippen LogP contribution in [0.25, 0.3) is 5.76 Å². The lowest BCUT2D eigenvalue weighted by Gasteiger charge is -2.14. The van der Waals surface area contributed by atoms with E-state index in [0.29, 0.717) is 17.9 Å². The van der Waals surface area contributed by atoms with E-state index in [2.05, 4.69) is 0 Å². The Morgan fingerprint density at radius 2 is 1.83 bits per heavy atom. The van der Waals surface area contributed by atoms with Crippen molar-refractivity contribution in [2.75, 3.05) is 6.61 Å². The summed E-state index contributed by atoms with van der Waals surface area (Å²) in [5.41, 5.74) is 1.33. The summed E-state index contributed by atoms with van der Waals surface area (Å²) in [6.07, 6.45) is 1.05. The maximum absolute atomic E-state index is 12.5. The molecule has 2 aromatic rings. The zero-order chi connectivity index (χ0) is 17.6. The molecule has 0 aliphatic heterocycles. The van der Waals surface area contributed by atoms with Gasteiger partial charge in [-0.3, -0.25) is 0 Å². The average molecular weight is 343 g/mol. The number of hydrogen-bond donors (Lipinski definition) is 0. The minimum absolute atomic E-state index is 0.0193. The summed E-state index contributed by atoms with van der Waals surface area (Å²) in [7, 11) is -4.05. The average Bonchev–Trinajstić information content (AvgIpc) is 2.55. The van der Waals surface area contributed by atoms with E-state index < -0.39 is 10.1 Å². The zero-order valence-electron chi connectivity index (χ0n) is 13.4. The Morgan fingerprint density at radius 1 is 1.17 bits per heavy atom. The van der Waals surface area contributed by atoms with E-state index in [4.69, 9.17) is 14.2 Å². The molecule has 0 amide bonds. The van der Waals surface area contributed by atoms with E-state index in [1.165, 1.54) is 12.1 Å². The molecule has 0 aliphatic rings. The van der Waals surface area contributed by atoms with Gasteiger partial charge in [0.1, 0.15) is 10.6 Å². The molecule has 0 N–H and O–H groups in total. The van der Waals surface area contributed by atoms with Crippen molar-refractivity contribution in [2.45, 2.75) is 18.7 Å². The van der Waals surface area contributed by atoms with Crippen LogP contribution in [0.1, 0.15) is 18.1 Å². The molecule has 0 bridgehead atoms. The van der Waals surface area contributed by atoms with E-state index in [1.54, 1.807) is 36.4 Å². The summed E-state index contributed by atoms with van der Waals surface area (Å²) in [6, 6.07) is 14.9. The fourth-order valence-corrected chi connectivity index (χ4v) is 2.97. The van der Waals surface area contributed by atoms with Crippen LogP contribution in [-0.4, -0.2) is 15.0 Å². The summed E-state index contributed by atoms with van der Waals surface area (Å²) in [6.45, 7) is 4.08. The van der Waals surface area contributed by atoms with Crippen molar-refractivity contribution >= 4 is 15.9 Å². The maximum Gasteiger partial charge on any atom is 0.339 e. The monoisotopic (exact) mass is 343 g/mol. The Bertz CT molecular complexity index is 878. The number of ether oxygens (including phenoxy) is 1. The van der Waals surface area contributed by atoms with Crippen LogP contribution in [0, 0.1) is 18.3 Å². The standard InChI is InChI=1S/C18H17NO4S/c1-3-22-17-7-5-4-6-16(17)18(12-13-19)23-24(20,21)15-10-8-14(2)9-11-15/h4-12H,3H2,1-2H3/b18-12+. The summed E-state index contributed by atoms with van der Waals surface area (Å²) in [4.78, 5) is 0.0193. The summed E-state index contributed by atoms with van der Waals surface area (Å²) < 4.78 is 35.6. The van der Waals surface area contributed by atoms with E-state index >= 15 is 0 Å². The second-order valence-electron chi connectivity index (χ2n) is 4.92. The van der Waals surface area contributed by atoms with Gasteiger partial charge in [-0.2, -0.15) is 13.7 Å². The quantitative estimate of drug-likeness (QED) is 0.454. The fourth-order valence-electron chi connectivity index (χ4n) is 2.03. The third kappa shape index (κ3) is 4.15. The van der Waals surface area contributed by atoms with Crippen LogP contribution in [0.4, 0.5) is 0 Å². The molecular weight excluding hydrogens is 326 g/mol. The summed E-state index contributed by atoms with van der Waals surface area (Å²) in [5.74, 6) is 0.364. The highest BCUT2D eigenvalue weighted by atomic mass is 32.2. The Hall–Kier alpha value is -2.78. The molecule has 2 rings (SSSR count). The van der Waals surface area contributed by atoms with Gasteiger partial charge in [-0.05, 0) is 38.1 Å². The smallest absolute Gasteiger partial charge is 0.339 e. The van der Waals surface area contributed by atoms with Crippen molar-refractivity contribution in [2.24, 2.45) is 0 Å². The molecule has 24 heavy (non-hydrogen) atoms. The van der Waals surface area contributed by atoms with Gasteiger partial charge < -0.3 is 8.92 Å². The first-order chi connectivity index (χ1) is 11.5. The lowest BCUT2D eigenvalue weighted by atomic mass is 10.1. The number of aryl methyl sites for hydroxylation is 1. The lowest BCUT2D eigenvalue weighted by molar-refractivity contribution is 0.337. The van der Waals surface area contributed by atoms with Gasteiger partial charge in [0.15, 0.2) is 5.76 Å². The molecule has 124 valence electrons. The Morgan fingerprint density at radius 3 is 2.46 bits per heavy atom. The minimum atomic E-state index is -4.05. The van der Waals surface area contributed by atoms with E-state index in [0.717, 1.165) is 11.6 Å². The number of benzene rings is 2. The molecule has 5 nitrogen and oxygen atoms in total. The van der Waals surface area contributed by atoms with Gasteiger partial charge in [0, 0.05) is 0 Å². The minimum Gasteiger partial charge on any atom is -0.493 e. The second kappa shape index (κ2) is 7.66. The molecule has 2 aromatic carbocycles. The zero-order valence-corrected chi connectivity index (χ0v) is 14.2. The molecule has 0 aliphatic carbocycles. The van der Waals surface area contributed by atoms with Crippen LogP contribution in [0.5, 0.6) is 5.75 Å². The van der Waals surface area contributed by atoms with Crippen LogP contribution >= 0.6 is 0 Å². The molecule has 6 heteroatoms. The van der Waals surface area contributed by atoms with Crippen LogP contribution in [0.3, 0.4) is 0 Å². The lowest BCUT2D eigenvalue weighted by Crippen LogP contribution is -2.07. The number of nitriles is 1. The van der Waals surface area contributed by atoms with Gasteiger partial charge in [-0.1, -0.05) is 29.8 Å². The van der Waals surface area contributed by atoms with Crippen LogP contribution in [0.2, 0.25) is 0 Å². The summed E-state index contributed by atoms with van der Waals surface area (Å²) >= 11 is 0. The molecule has 0 unspecified atom stereocenters. The largest absolute Gasteiger partial charge is 0.493 e. The normalized spacial score (nSPS) is 11.6. The van der Waals surface area contributed by atoms with Crippen molar-refractivity contribution in [3.63, 3.8) is 0 Å². The summed E-state index contributed by atoms with van der Waals surface area (Å²) in [5, 5.41) is 8.98. The van der Waals surface area contributed by atoms with Crippen molar-refractivity contribution in [3.05, 3.63) is 65.7 Å². The number of allylic oxidation sites excluding steroid dienone is 1. The molecule has 0 heterocycles. The van der Waals surface area contributed by atoms with Crippen molar-refractivity contribution < 1.29 is 17.3 Å². The van der Waals surface area contributed by atoms with Gasteiger partial charge in [0.05, 0.1) is 24.3 Å². The number of nitrogens with zero attached hydrogens (tertiary/aromatic N) is 1. The van der Waals surface area contributed by atoms with Crippen LogP contribution in [-0.2, 0) is 14.3 Å². The third-order valence-corrected chi connectivity index (χ3v) is 4.41. The van der Waals surface area contributed by atoms with Gasteiger partial charge >= 0.3 is 10.1 Å². The number of rotatable bonds is 6. The number of hydrogen-bond acceptors (Lipinski definition) is 5. The molecule has 0 atom stereocenters. The van der Waals surface area contributed by atoms with Crippen LogP contribution in [0.15, 0.2) is 59.5 Å². The first kappa shape index (κ1) is 17.6. The second-order valence-corrected chi connectivity index (χ2v) is 6.46. The third-order valence-electron chi connectivity index (χ3n) is 3.16. The van der Waals surface area contributed by atoms with Gasteiger partial charge in [-0.25, -0.2) is 0 Å². The SMILES string of the molecule is CCOc1ccccc1/C(=C\C#N)OS(=O)(=O)c1ccc(C)cc1. The molecule has 0 saturated heterocycles. The van der Waals surface area contributed by atoms with Crippen molar-refractivity contribution in [3.8, 4) is 11.8 Å². The first-order valence-electron chi connectivity index (χ1n) is 7.31. The molecular formula is C18H17NO4S. The predicted molar refractivity (Wildman–Crippen MR) is 90.7 cm³/mol. The highest BCUT2D eigenvalue weighted by Gasteiger charge is 2.21.